The summed E-state index contributed by atoms with van der Waals surface area (Å²) in [6.45, 7) is 2.72. The molecule has 2 aromatic rings. The van der Waals surface area contributed by atoms with Crippen LogP contribution in [0.4, 0.5) is 0 Å². The number of carbonyl (C=O) groups excluding carboxylic acids is 3. The van der Waals surface area contributed by atoms with Crippen molar-refractivity contribution in [3.05, 3.63) is 65.2 Å². The van der Waals surface area contributed by atoms with Crippen molar-refractivity contribution in [2.24, 2.45) is 0 Å². The van der Waals surface area contributed by atoms with Gasteiger partial charge in [-0.2, -0.15) is 0 Å². The van der Waals surface area contributed by atoms with Gasteiger partial charge in [0.1, 0.15) is 0 Å². The fourth-order valence-corrected chi connectivity index (χ4v) is 5.09. The summed E-state index contributed by atoms with van der Waals surface area (Å²) in [5, 5.41) is 0.878. The zero-order valence-electron chi connectivity index (χ0n) is 17.5. The predicted molar refractivity (Wildman–Crippen MR) is 120 cm³/mol. The molecule has 1 aliphatic rings. The zero-order valence-corrected chi connectivity index (χ0v) is 19.1. The van der Waals surface area contributed by atoms with Crippen LogP contribution in [0, 0.1) is 0 Å². The van der Waals surface area contributed by atoms with Crippen molar-refractivity contribution in [3.63, 3.8) is 0 Å². The Balaban J connectivity index is 1.88. The second kappa shape index (κ2) is 10.1. The number of piperazine rings is 1. The number of sulfone groups is 1. The summed E-state index contributed by atoms with van der Waals surface area (Å²) >= 11 is 5.94. The van der Waals surface area contributed by atoms with Gasteiger partial charge in [0.15, 0.2) is 0 Å². The molecule has 1 fully saturated rings. The van der Waals surface area contributed by atoms with Crippen LogP contribution in [0.25, 0.3) is 0 Å². The van der Waals surface area contributed by atoms with E-state index in [4.69, 9.17) is 11.6 Å². The topological polar surface area (TPSA) is 104 Å². The van der Waals surface area contributed by atoms with E-state index in [1.165, 1.54) is 29.2 Å². The zero-order chi connectivity index (χ0) is 23.3. The van der Waals surface area contributed by atoms with Gasteiger partial charge in [-0.05, 0) is 30.3 Å². The third-order valence-electron chi connectivity index (χ3n) is 5.20. The largest absolute Gasteiger partial charge is 0.339 e. The molecule has 1 saturated heterocycles. The minimum absolute atomic E-state index is 0.0279. The van der Waals surface area contributed by atoms with Crippen molar-refractivity contribution < 1.29 is 22.8 Å². The van der Waals surface area contributed by atoms with Crippen LogP contribution in [0.15, 0.2) is 59.5 Å². The van der Waals surface area contributed by atoms with E-state index in [0.29, 0.717) is 24.5 Å². The van der Waals surface area contributed by atoms with E-state index in [0.717, 1.165) is 0 Å². The molecule has 0 saturated carbocycles. The highest BCUT2D eigenvalue weighted by Crippen LogP contribution is 2.19. The number of halogens is 1. The van der Waals surface area contributed by atoms with Gasteiger partial charge in [-0.15, -0.1) is 0 Å². The molecule has 32 heavy (non-hydrogen) atoms. The summed E-state index contributed by atoms with van der Waals surface area (Å²) in [5.41, 5.74) is 0.136. The summed E-state index contributed by atoms with van der Waals surface area (Å²) < 4.78 is 26.6. The highest BCUT2D eigenvalue weighted by atomic mass is 35.5. The third kappa shape index (κ3) is 5.28. The maximum Gasteiger partial charge on any atom is 0.261 e. The van der Waals surface area contributed by atoms with Crippen LogP contribution in [0.1, 0.15) is 23.7 Å². The van der Waals surface area contributed by atoms with Crippen LogP contribution >= 0.6 is 11.6 Å². The summed E-state index contributed by atoms with van der Waals surface area (Å²) in [7, 11) is -4.23. The first-order valence-corrected chi connectivity index (χ1v) is 12.1. The molecule has 0 aromatic heterocycles. The van der Waals surface area contributed by atoms with E-state index in [-0.39, 0.29) is 29.5 Å². The molecule has 3 amide bonds. The van der Waals surface area contributed by atoms with Gasteiger partial charge in [0.25, 0.3) is 11.8 Å². The number of benzene rings is 2. The first-order chi connectivity index (χ1) is 15.2. The normalized spacial score (nSPS) is 15.2. The van der Waals surface area contributed by atoms with E-state index in [1.807, 2.05) is 0 Å². The number of hydrogen-bond donors (Lipinski definition) is 1. The minimum Gasteiger partial charge on any atom is -0.339 e. The van der Waals surface area contributed by atoms with Crippen LogP contribution in [0.3, 0.4) is 0 Å². The Morgan fingerprint density at radius 1 is 0.969 bits per heavy atom. The van der Waals surface area contributed by atoms with Gasteiger partial charge in [-0.25, -0.2) is 8.42 Å². The quantitative estimate of drug-likeness (QED) is 0.684. The number of amides is 3. The summed E-state index contributed by atoms with van der Waals surface area (Å²) in [5.74, 6) is -1.50. The molecule has 1 unspecified atom stereocenters. The minimum atomic E-state index is -4.23. The molecular formula is C22H24ClN3O5S. The van der Waals surface area contributed by atoms with Crippen molar-refractivity contribution in [2.45, 2.75) is 23.6 Å². The second-order valence-corrected chi connectivity index (χ2v) is 9.75. The highest BCUT2D eigenvalue weighted by Gasteiger charge is 2.39. The first-order valence-electron chi connectivity index (χ1n) is 10.2. The van der Waals surface area contributed by atoms with Gasteiger partial charge >= 0.3 is 0 Å². The van der Waals surface area contributed by atoms with E-state index in [1.54, 1.807) is 42.2 Å². The molecule has 0 spiro atoms. The number of rotatable bonds is 6. The standard InChI is InChI=1S/C22H24ClN3O5S/c1-2-19(27)25-11-13-26(14-12-25)22(29)21(32(30,31)18-9-4-3-5-10-18)24-20(28)16-7-6-8-17(23)15-16/h3-10,15,21H,2,11-14H2,1H3,(H,24,28). The number of nitrogens with one attached hydrogen (secondary N) is 1. The molecule has 1 aliphatic heterocycles. The van der Waals surface area contributed by atoms with Gasteiger partial charge < -0.3 is 15.1 Å². The molecule has 1 atom stereocenters. The third-order valence-corrected chi connectivity index (χ3v) is 7.31. The van der Waals surface area contributed by atoms with Crippen LogP contribution < -0.4 is 5.32 Å². The number of nitrogens with zero attached hydrogens (tertiary/aromatic N) is 2. The molecule has 3 rings (SSSR count). The molecule has 0 aliphatic carbocycles. The Morgan fingerprint density at radius 3 is 2.19 bits per heavy atom. The summed E-state index contributed by atoms with van der Waals surface area (Å²) in [6.07, 6.45) is 0.356. The Kier molecular flexibility index (Phi) is 7.52. The van der Waals surface area contributed by atoms with Gasteiger partial charge in [0, 0.05) is 43.2 Å². The first kappa shape index (κ1) is 23.7. The molecule has 10 heteroatoms. The fraction of sp³-hybridized carbons (Fsp3) is 0.318. The van der Waals surface area contributed by atoms with Gasteiger partial charge in [0.05, 0.1) is 4.90 Å². The number of hydrogen-bond acceptors (Lipinski definition) is 5. The van der Waals surface area contributed by atoms with Crippen molar-refractivity contribution in [1.82, 2.24) is 15.1 Å². The molecular weight excluding hydrogens is 454 g/mol. The SMILES string of the molecule is CCC(=O)N1CCN(C(=O)C(NC(=O)c2cccc(Cl)c2)S(=O)(=O)c2ccccc2)CC1. The molecule has 1 heterocycles. The lowest BCUT2D eigenvalue weighted by Crippen LogP contribution is -2.57. The summed E-state index contributed by atoms with van der Waals surface area (Å²) in [4.78, 5) is 40.9. The van der Waals surface area contributed by atoms with Gasteiger partial charge in [0.2, 0.25) is 21.1 Å². The fourth-order valence-electron chi connectivity index (χ4n) is 3.42. The van der Waals surface area contributed by atoms with E-state index >= 15 is 0 Å². The molecule has 170 valence electrons. The van der Waals surface area contributed by atoms with Crippen LogP contribution in [0.5, 0.6) is 0 Å². The van der Waals surface area contributed by atoms with Crippen molar-refractivity contribution >= 4 is 39.2 Å². The smallest absolute Gasteiger partial charge is 0.261 e. The molecule has 1 N–H and O–H groups in total. The lowest BCUT2D eigenvalue weighted by Gasteiger charge is -2.36. The average Bonchev–Trinajstić information content (AvgIpc) is 2.82. The Bertz CT molecular complexity index is 1100. The Morgan fingerprint density at radius 2 is 1.59 bits per heavy atom. The lowest BCUT2D eigenvalue weighted by molar-refractivity contribution is -0.139. The van der Waals surface area contributed by atoms with Crippen molar-refractivity contribution in [1.29, 1.82) is 0 Å². The lowest BCUT2D eigenvalue weighted by atomic mass is 10.2. The van der Waals surface area contributed by atoms with Crippen molar-refractivity contribution in [2.75, 3.05) is 26.2 Å². The van der Waals surface area contributed by atoms with E-state index in [9.17, 15) is 22.8 Å². The van der Waals surface area contributed by atoms with Crippen LogP contribution in [-0.4, -0.2) is 67.5 Å². The van der Waals surface area contributed by atoms with Crippen LogP contribution in [-0.2, 0) is 19.4 Å². The van der Waals surface area contributed by atoms with E-state index in [2.05, 4.69) is 5.32 Å². The molecule has 8 nitrogen and oxygen atoms in total. The number of carbonyl (C=O) groups is 3. The molecule has 2 aromatic carbocycles. The molecule has 0 bridgehead atoms. The Labute approximate surface area is 192 Å². The second-order valence-electron chi connectivity index (χ2n) is 7.28. The van der Waals surface area contributed by atoms with Crippen molar-refractivity contribution in [3.8, 4) is 0 Å². The maximum absolute atomic E-state index is 13.3. The summed E-state index contributed by atoms with van der Waals surface area (Å²) in [6, 6.07) is 13.5. The average molecular weight is 478 g/mol. The van der Waals surface area contributed by atoms with E-state index < -0.39 is 27.0 Å². The van der Waals surface area contributed by atoms with Gasteiger partial charge in [-0.1, -0.05) is 42.8 Å². The Hall–Kier alpha value is -2.91. The maximum atomic E-state index is 13.3. The highest BCUT2D eigenvalue weighted by molar-refractivity contribution is 7.92. The monoisotopic (exact) mass is 477 g/mol. The van der Waals surface area contributed by atoms with Crippen LogP contribution in [0.2, 0.25) is 5.02 Å². The van der Waals surface area contributed by atoms with Gasteiger partial charge in [-0.3, -0.25) is 14.4 Å². The predicted octanol–water partition coefficient (Wildman–Crippen LogP) is 1.95. The molecule has 0 radical (unpaired) electrons.